The summed E-state index contributed by atoms with van der Waals surface area (Å²) in [5, 5.41) is 3.27. The van der Waals surface area contributed by atoms with Crippen LogP contribution in [-0.2, 0) is 4.74 Å². The number of hydrogen-bond donors (Lipinski definition) is 1. The number of aromatic nitrogens is 1. The van der Waals surface area contributed by atoms with Crippen LogP contribution in [0, 0.1) is 5.82 Å². The highest BCUT2D eigenvalue weighted by Crippen LogP contribution is 2.26. The number of hydrogen-bond acceptors (Lipinski definition) is 4. The van der Waals surface area contributed by atoms with Gasteiger partial charge in [-0.2, -0.15) is 0 Å². The standard InChI is InChI=1S/C18H20FN3OS/c19-15-6-2-1-5-14(15)17(16-7-3-4-8-20-16)18(24)21-13-22-9-11-23-12-10-22/h1-8,17H,9-13H2,(H,21,24). The van der Waals surface area contributed by atoms with Crippen molar-refractivity contribution in [2.45, 2.75) is 5.92 Å². The molecule has 24 heavy (non-hydrogen) atoms. The van der Waals surface area contributed by atoms with Gasteiger partial charge in [0.25, 0.3) is 0 Å². The van der Waals surface area contributed by atoms with E-state index in [1.807, 2.05) is 24.3 Å². The average Bonchev–Trinajstić information content (AvgIpc) is 2.64. The molecular weight excluding hydrogens is 325 g/mol. The molecule has 0 saturated carbocycles. The van der Waals surface area contributed by atoms with Gasteiger partial charge in [0.1, 0.15) is 5.82 Å². The Morgan fingerprint density at radius 1 is 1.21 bits per heavy atom. The van der Waals surface area contributed by atoms with Crippen molar-refractivity contribution in [1.29, 1.82) is 0 Å². The monoisotopic (exact) mass is 345 g/mol. The summed E-state index contributed by atoms with van der Waals surface area (Å²) in [6.45, 7) is 3.81. The summed E-state index contributed by atoms with van der Waals surface area (Å²) >= 11 is 5.59. The molecule has 4 nitrogen and oxygen atoms in total. The largest absolute Gasteiger partial charge is 0.379 e. The molecule has 1 aliphatic heterocycles. The fraction of sp³-hybridized carbons (Fsp3) is 0.333. The van der Waals surface area contributed by atoms with Gasteiger partial charge in [0.15, 0.2) is 0 Å². The highest BCUT2D eigenvalue weighted by Gasteiger charge is 2.24. The van der Waals surface area contributed by atoms with Crippen LogP contribution < -0.4 is 5.32 Å². The van der Waals surface area contributed by atoms with E-state index in [1.165, 1.54) is 6.07 Å². The summed E-state index contributed by atoms with van der Waals surface area (Å²) in [6, 6.07) is 12.3. The Labute approximate surface area is 146 Å². The summed E-state index contributed by atoms with van der Waals surface area (Å²) in [7, 11) is 0. The maximum atomic E-state index is 14.3. The van der Waals surface area contributed by atoms with E-state index >= 15 is 0 Å². The van der Waals surface area contributed by atoms with Gasteiger partial charge in [-0.1, -0.05) is 36.5 Å². The summed E-state index contributed by atoms with van der Waals surface area (Å²) in [5.74, 6) is -0.674. The van der Waals surface area contributed by atoms with E-state index in [2.05, 4.69) is 15.2 Å². The van der Waals surface area contributed by atoms with Crippen LogP contribution in [0.25, 0.3) is 0 Å². The molecule has 1 atom stereocenters. The molecule has 0 radical (unpaired) electrons. The maximum Gasteiger partial charge on any atom is 0.127 e. The van der Waals surface area contributed by atoms with E-state index < -0.39 is 5.92 Å². The topological polar surface area (TPSA) is 37.4 Å². The van der Waals surface area contributed by atoms with E-state index in [-0.39, 0.29) is 5.82 Å². The Morgan fingerprint density at radius 2 is 1.96 bits per heavy atom. The number of rotatable bonds is 5. The lowest BCUT2D eigenvalue weighted by Crippen LogP contribution is -2.44. The summed E-state index contributed by atoms with van der Waals surface area (Å²) in [5.41, 5.74) is 1.28. The van der Waals surface area contributed by atoms with Gasteiger partial charge in [-0.05, 0) is 18.2 Å². The first-order chi connectivity index (χ1) is 11.8. The number of nitrogens with zero attached hydrogens (tertiary/aromatic N) is 2. The van der Waals surface area contributed by atoms with Crippen LogP contribution in [0.3, 0.4) is 0 Å². The highest BCUT2D eigenvalue weighted by atomic mass is 32.1. The molecule has 3 rings (SSSR count). The lowest BCUT2D eigenvalue weighted by atomic mass is 9.94. The highest BCUT2D eigenvalue weighted by molar-refractivity contribution is 7.80. The van der Waals surface area contributed by atoms with Gasteiger partial charge in [-0.3, -0.25) is 9.88 Å². The Hall–Kier alpha value is -1.89. The van der Waals surface area contributed by atoms with Gasteiger partial charge in [0.05, 0.1) is 36.5 Å². The predicted molar refractivity (Wildman–Crippen MR) is 95.5 cm³/mol. The third-order valence-corrected chi connectivity index (χ3v) is 4.42. The molecule has 0 bridgehead atoms. The van der Waals surface area contributed by atoms with Crippen molar-refractivity contribution >= 4 is 17.2 Å². The minimum atomic E-state index is -0.400. The molecule has 1 aliphatic rings. The van der Waals surface area contributed by atoms with Gasteiger partial charge < -0.3 is 10.1 Å². The third kappa shape index (κ3) is 4.14. The second-order valence-electron chi connectivity index (χ2n) is 5.64. The van der Waals surface area contributed by atoms with Crippen molar-refractivity contribution < 1.29 is 9.13 Å². The molecular formula is C18H20FN3OS. The van der Waals surface area contributed by atoms with Gasteiger partial charge in [0, 0.05) is 24.8 Å². The number of halogens is 1. The van der Waals surface area contributed by atoms with Crippen LogP contribution in [0.15, 0.2) is 48.7 Å². The smallest absolute Gasteiger partial charge is 0.127 e. The molecule has 2 heterocycles. The summed E-state index contributed by atoms with van der Waals surface area (Å²) in [6.07, 6.45) is 1.70. The van der Waals surface area contributed by atoms with E-state index in [9.17, 15) is 4.39 Å². The molecule has 1 saturated heterocycles. The first-order valence-corrected chi connectivity index (χ1v) is 8.39. The van der Waals surface area contributed by atoms with Crippen LogP contribution in [0.1, 0.15) is 17.2 Å². The second-order valence-corrected chi connectivity index (χ2v) is 6.08. The number of thiocarbonyl (C=S) groups is 1. The zero-order valence-electron chi connectivity index (χ0n) is 13.3. The molecule has 126 valence electrons. The van der Waals surface area contributed by atoms with E-state index in [0.717, 1.165) is 32.0 Å². The molecule has 0 amide bonds. The lowest BCUT2D eigenvalue weighted by molar-refractivity contribution is 0.0367. The van der Waals surface area contributed by atoms with Gasteiger partial charge in [-0.15, -0.1) is 0 Å². The zero-order chi connectivity index (χ0) is 16.8. The zero-order valence-corrected chi connectivity index (χ0v) is 14.1. The molecule has 1 N–H and O–H groups in total. The average molecular weight is 345 g/mol. The molecule has 1 fully saturated rings. The molecule has 2 aromatic rings. The number of morpholine rings is 1. The third-order valence-electron chi connectivity index (χ3n) is 4.04. The number of benzene rings is 1. The first kappa shape index (κ1) is 17.0. The van der Waals surface area contributed by atoms with E-state index in [0.29, 0.717) is 17.2 Å². The van der Waals surface area contributed by atoms with Crippen molar-refractivity contribution in [3.05, 3.63) is 65.7 Å². The predicted octanol–water partition coefficient (Wildman–Crippen LogP) is 2.56. The molecule has 0 aliphatic carbocycles. The fourth-order valence-corrected chi connectivity index (χ4v) is 3.05. The minimum Gasteiger partial charge on any atom is -0.379 e. The second kappa shape index (κ2) is 8.28. The van der Waals surface area contributed by atoms with Crippen LogP contribution in [0.2, 0.25) is 0 Å². The Kier molecular flexibility index (Phi) is 5.85. The maximum absolute atomic E-state index is 14.3. The quantitative estimate of drug-likeness (QED) is 0.843. The Morgan fingerprint density at radius 3 is 2.67 bits per heavy atom. The van der Waals surface area contributed by atoms with Crippen LogP contribution in [-0.4, -0.2) is 47.8 Å². The lowest BCUT2D eigenvalue weighted by Gasteiger charge is -2.28. The molecule has 6 heteroatoms. The van der Waals surface area contributed by atoms with Crippen molar-refractivity contribution in [2.24, 2.45) is 0 Å². The van der Waals surface area contributed by atoms with Crippen molar-refractivity contribution in [1.82, 2.24) is 15.2 Å². The molecule has 1 unspecified atom stereocenters. The van der Waals surface area contributed by atoms with Crippen molar-refractivity contribution in [3.8, 4) is 0 Å². The van der Waals surface area contributed by atoms with Crippen LogP contribution in [0.5, 0.6) is 0 Å². The summed E-state index contributed by atoms with van der Waals surface area (Å²) < 4.78 is 19.7. The van der Waals surface area contributed by atoms with Gasteiger partial charge in [0.2, 0.25) is 0 Å². The Balaban J connectivity index is 1.79. The van der Waals surface area contributed by atoms with Crippen LogP contribution >= 0.6 is 12.2 Å². The molecule has 1 aromatic heterocycles. The number of ether oxygens (including phenoxy) is 1. The van der Waals surface area contributed by atoms with E-state index in [4.69, 9.17) is 17.0 Å². The van der Waals surface area contributed by atoms with Crippen LogP contribution in [0.4, 0.5) is 4.39 Å². The molecule has 0 spiro atoms. The Bertz CT molecular complexity index is 677. The summed E-state index contributed by atoms with van der Waals surface area (Å²) in [4.78, 5) is 7.19. The number of pyridine rings is 1. The van der Waals surface area contributed by atoms with Crippen molar-refractivity contribution in [2.75, 3.05) is 33.0 Å². The van der Waals surface area contributed by atoms with Crippen molar-refractivity contribution in [3.63, 3.8) is 0 Å². The first-order valence-electron chi connectivity index (χ1n) is 7.99. The van der Waals surface area contributed by atoms with Gasteiger partial charge in [-0.25, -0.2) is 4.39 Å². The normalized spacial score (nSPS) is 16.5. The number of nitrogens with one attached hydrogen (secondary N) is 1. The molecule has 1 aromatic carbocycles. The SMILES string of the molecule is Fc1ccccc1C(C(=S)NCN1CCOCC1)c1ccccn1. The minimum absolute atomic E-state index is 0.274. The van der Waals surface area contributed by atoms with Gasteiger partial charge >= 0.3 is 0 Å². The van der Waals surface area contributed by atoms with E-state index in [1.54, 1.807) is 18.3 Å². The fourth-order valence-electron chi connectivity index (χ4n) is 2.74.